The minimum atomic E-state index is -5.07. The Hall–Kier alpha value is -1.62. The summed E-state index contributed by atoms with van der Waals surface area (Å²) in [5.74, 6) is 0. The molecular formula is C18H28N2O5S2. The van der Waals surface area contributed by atoms with Gasteiger partial charge in [-0.2, -0.15) is 0 Å². The molecule has 7 nitrogen and oxygen atoms in total. The summed E-state index contributed by atoms with van der Waals surface area (Å²) in [7, 11) is 4.38. The highest BCUT2D eigenvalue weighted by atomic mass is 33.2. The first kappa shape index (κ1) is 25.4. The second kappa shape index (κ2) is 10.6. The van der Waals surface area contributed by atoms with Crippen molar-refractivity contribution in [1.29, 1.82) is 0 Å². The molecule has 152 valence electrons. The third-order valence-electron chi connectivity index (χ3n) is 3.23. The highest BCUT2D eigenvalue weighted by molar-refractivity contribution is 8.59. The molecule has 0 radical (unpaired) electrons. The van der Waals surface area contributed by atoms with E-state index in [1.54, 1.807) is 0 Å². The third-order valence-corrected chi connectivity index (χ3v) is 4.56. The average Bonchev–Trinajstić information content (AvgIpc) is 2.55. The van der Waals surface area contributed by atoms with Crippen molar-refractivity contribution in [3.05, 3.63) is 60.7 Å². The lowest BCUT2D eigenvalue weighted by atomic mass is 10.3. The molecule has 9 heteroatoms. The van der Waals surface area contributed by atoms with Crippen LogP contribution in [-0.4, -0.2) is 64.0 Å². The Morgan fingerprint density at radius 3 is 1.04 bits per heavy atom. The van der Waals surface area contributed by atoms with Crippen LogP contribution in [0.5, 0.6) is 0 Å². The van der Waals surface area contributed by atoms with Crippen molar-refractivity contribution in [2.75, 3.05) is 42.3 Å². The van der Waals surface area contributed by atoms with Crippen LogP contribution in [0.15, 0.2) is 60.7 Å². The van der Waals surface area contributed by atoms with Gasteiger partial charge in [-0.3, -0.25) is 13.2 Å². The second-order valence-electron chi connectivity index (χ2n) is 7.31. The number of hydrogen-bond acceptors (Lipinski definition) is 5. The zero-order chi connectivity index (χ0) is 21.3. The van der Waals surface area contributed by atoms with Crippen molar-refractivity contribution < 1.29 is 21.7 Å². The Kier molecular flexibility index (Phi) is 10.0. The van der Waals surface area contributed by atoms with Crippen LogP contribution in [0.3, 0.4) is 0 Å². The minimum Gasteiger partial charge on any atom is -0.761 e. The molecule has 0 aromatic heterocycles. The SMILES string of the molecule is C[N+](C)(C)c1ccccc1.C[N+](C)(C)c1ccccc1.O=S([O-])S(=O)(=O)[O-]. The minimum absolute atomic E-state index is 0.890. The van der Waals surface area contributed by atoms with E-state index in [9.17, 15) is 0 Å². The zero-order valence-corrected chi connectivity index (χ0v) is 18.2. The first-order chi connectivity index (χ1) is 12.2. The molecule has 0 heterocycles. The van der Waals surface area contributed by atoms with E-state index in [1.165, 1.54) is 11.4 Å². The highest BCUT2D eigenvalue weighted by Crippen LogP contribution is 2.14. The van der Waals surface area contributed by atoms with Gasteiger partial charge in [-0.1, -0.05) is 36.4 Å². The van der Waals surface area contributed by atoms with Gasteiger partial charge in [0.2, 0.25) is 0 Å². The molecule has 2 aromatic carbocycles. The van der Waals surface area contributed by atoms with Gasteiger partial charge in [-0.05, 0) is 24.3 Å². The van der Waals surface area contributed by atoms with Crippen LogP contribution in [-0.2, 0) is 19.3 Å². The van der Waals surface area contributed by atoms with E-state index in [4.69, 9.17) is 21.7 Å². The monoisotopic (exact) mass is 416 g/mol. The van der Waals surface area contributed by atoms with Gasteiger partial charge in [0.1, 0.15) is 11.4 Å². The summed E-state index contributed by atoms with van der Waals surface area (Å²) in [6, 6.07) is 20.9. The van der Waals surface area contributed by atoms with E-state index < -0.39 is 19.3 Å². The maximum atomic E-state index is 9.16. The molecule has 0 saturated carbocycles. The van der Waals surface area contributed by atoms with Crippen LogP contribution < -0.4 is 8.97 Å². The van der Waals surface area contributed by atoms with Gasteiger partial charge >= 0.3 is 0 Å². The van der Waals surface area contributed by atoms with Crippen molar-refractivity contribution in [3.8, 4) is 0 Å². The molecule has 1 unspecified atom stereocenters. The third kappa shape index (κ3) is 11.6. The molecule has 0 spiro atoms. The van der Waals surface area contributed by atoms with Crippen molar-refractivity contribution in [2.24, 2.45) is 0 Å². The summed E-state index contributed by atoms with van der Waals surface area (Å²) >= 11 is 0. The molecule has 0 saturated heterocycles. The number of benzene rings is 2. The first-order valence-corrected chi connectivity index (χ1v) is 11.0. The van der Waals surface area contributed by atoms with Crippen LogP contribution in [0.4, 0.5) is 11.4 Å². The van der Waals surface area contributed by atoms with Crippen LogP contribution >= 0.6 is 0 Å². The number of para-hydroxylation sites is 2. The van der Waals surface area contributed by atoms with Crippen LogP contribution in [0, 0.1) is 0 Å². The Bertz CT molecular complexity index is 748. The van der Waals surface area contributed by atoms with E-state index in [-0.39, 0.29) is 0 Å². The number of quaternary nitrogens is 2. The Morgan fingerprint density at radius 2 is 0.926 bits per heavy atom. The molecule has 0 aliphatic heterocycles. The molecule has 0 aliphatic carbocycles. The maximum absolute atomic E-state index is 9.16. The number of rotatable bonds is 3. The van der Waals surface area contributed by atoms with Gasteiger partial charge in [0.15, 0.2) is 9.15 Å². The summed E-state index contributed by atoms with van der Waals surface area (Å²) in [6.07, 6.45) is 0. The van der Waals surface area contributed by atoms with Crippen molar-refractivity contribution in [2.45, 2.75) is 0 Å². The first-order valence-electron chi connectivity index (χ1n) is 7.95. The lowest BCUT2D eigenvalue weighted by Crippen LogP contribution is -2.34. The summed E-state index contributed by atoms with van der Waals surface area (Å²) in [5.41, 5.74) is 2.67. The molecule has 27 heavy (non-hydrogen) atoms. The Labute approximate surface area is 164 Å². The molecule has 2 aromatic rings. The average molecular weight is 417 g/mol. The standard InChI is InChI=1S/2C9H14N.H2O5S2/c2*1-10(2,3)9-7-5-4-6-8-9;1-6(2)7(3,4)5/h2*4-8H,1-3H3;(H,1,2)(H,3,4,5)/q2*+1;/p-2. The topological polar surface area (TPSA) is 97.3 Å². The number of nitrogens with zero attached hydrogens (tertiary/aromatic N) is 2. The normalized spacial score (nSPS) is 12.7. The highest BCUT2D eigenvalue weighted by Gasteiger charge is 2.09. The molecule has 0 aliphatic rings. The van der Waals surface area contributed by atoms with E-state index >= 15 is 0 Å². The van der Waals surface area contributed by atoms with Gasteiger partial charge in [-0.25, -0.2) is 8.42 Å². The van der Waals surface area contributed by atoms with E-state index in [0.717, 1.165) is 8.97 Å². The predicted octanol–water partition coefficient (Wildman–Crippen LogP) is 2.09. The van der Waals surface area contributed by atoms with E-state index in [0.29, 0.717) is 0 Å². The maximum Gasteiger partial charge on any atom is 0.165 e. The predicted molar refractivity (Wildman–Crippen MR) is 111 cm³/mol. The fraction of sp³-hybridized carbons (Fsp3) is 0.333. The molecular weight excluding hydrogens is 388 g/mol. The van der Waals surface area contributed by atoms with E-state index in [2.05, 4.69) is 90.8 Å². The number of hydrogen-bond donors (Lipinski definition) is 0. The summed E-state index contributed by atoms with van der Waals surface area (Å²) < 4.78 is 47.5. The zero-order valence-electron chi connectivity index (χ0n) is 16.5. The summed E-state index contributed by atoms with van der Waals surface area (Å²) in [5, 5.41) is 0. The van der Waals surface area contributed by atoms with Crippen molar-refractivity contribution in [3.63, 3.8) is 0 Å². The molecule has 0 bridgehead atoms. The van der Waals surface area contributed by atoms with Crippen LogP contribution in [0.1, 0.15) is 0 Å². The van der Waals surface area contributed by atoms with Gasteiger partial charge < -0.3 is 9.11 Å². The lowest BCUT2D eigenvalue weighted by Gasteiger charge is -2.22. The lowest BCUT2D eigenvalue weighted by molar-refractivity contribution is 0.466. The van der Waals surface area contributed by atoms with E-state index in [1.807, 2.05) is 12.1 Å². The molecule has 0 amide bonds. The van der Waals surface area contributed by atoms with Crippen LogP contribution in [0.2, 0.25) is 0 Å². The summed E-state index contributed by atoms with van der Waals surface area (Å²) in [6.45, 7) is 0. The van der Waals surface area contributed by atoms with Crippen molar-refractivity contribution >= 4 is 30.6 Å². The van der Waals surface area contributed by atoms with Crippen LogP contribution in [0.25, 0.3) is 0 Å². The second-order valence-corrected chi connectivity index (χ2v) is 10.6. The van der Waals surface area contributed by atoms with Gasteiger partial charge in [-0.15, -0.1) is 0 Å². The molecule has 1 atom stereocenters. The Morgan fingerprint density at radius 1 is 0.704 bits per heavy atom. The quantitative estimate of drug-likeness (QED) is 0.330. The largest absolute Gasteiger partial charge is 0.761 e. The molecule has 0 fully saturated rings. The fourth-order valence-corrected chi connectivity index (χ4v) is 1.75. The fourth-order valence-electron chi connectivity index (χ4n) is 1.75. The van der Waals surface area contributed by atoms with Gasteiger partial charge in [0, 0.05) is 0 Å². The molecule has 0 N–H and O–H groups in total. The van der Waals surface area contributed by atoms with Gasteiger partial charge in [0.05, 0.1) is 52.4 Å². The molecule has 2 rings (SSSR count). The smallest absolute Gasteiger partial charge is 0.165 e. The Balaban J connectivity index is 0.000000384. The summed E-state index contributed by atoms with van der Waals surface area (Å²) in [4.78, 5) is 0. The van der Waals surface area contributed by atoms with Gasteiger partial charge in [0.25, 0.3) is 0 Å². The van der Waals surface area contributed by atoms with Crippen molar-refractivity contribution in [1.82, 2.24) is 8.97 Å².